The number of ether oxygens (including phenoxy) is 2. The van der Waals surface area contributed by atoms with Crippen LogP contribution in [0.3, 0.4) is 0 Å². The molecular formula is C44H85O8P. The molecule has 0 spiro atoms. The van der Waals surface area contributed by atoms with Crippen LogP contribution < -0.4 is 0 Å². The zero-order chi connectivity index (χ0) is 38.9. The van der Waals surface area contributed by atoms with Gasteiger partial charge in [0.25, 0.3) is 0 Å². The Morgan fingerprint density at radius 2 is 0.792 bits per heavy atom. The Hall–Kier alpha value is -1.21. The van der Waals surface area contributed by atoms with E-state index in [-0.39, 0.29) is 19.4 Å². The number of phosphoric acid groups is 1. The lowest BCUT2D eigenvalue weighted by Gasteiger charge is -2.18. The minimum Gasteiger partial charge on any atom is -0.462 e. The van der Waals surface area contributed by atoms with Crippen molar-refractivity contribution in [2.75, 3.05) is 13.2 Å². The Morgan fingerprint density at radius 3 is 1.17 bits per heavy atom. The SMILES string of the molecule is CCCCCC/C=C/CCCCCCCCCCCC(=O)O[C@H](COC(=O)CCCCCCCCCCCCCCCCCCCC)COP(=O)(O)O. The third-order valence-electron chi connectivity index (χ3n) is 10.0. The molecule has 1 atom stereocenters. The highest BCUT2D eigenvalue weighted by molar-refractivity contribution is 7.46. The Morgan fingerprint density at radius 1 is 0.472 bits per heavy atom. The summed E-state index contributed by atoms with van der Waals surface area (Å²) in [6.07, 6.45) is 45.0. The van der Waals surface area contributed by atoms with Gasteiger partial charge in [-0.25, -0.2) is 4.57 Å². The summed E-state index contributed by atoms with van der Waals surface area (Å²) in [4.78, 5) is 42.9. The molecule has 0 rings (SSSR count). The molecule has 0 amide bonds. The fourth-order valence-electron chi connectivity index (χ4n) is 6.66. The monoisotopic (exact) mass is 773 g/mol. The second-order valence-electron chi connectivity index (χ2n) is 15.4. The van der Waals surface area contributed by atoms with Crippen LogP contribution >= 0.6 is 7.82 Å². The van der Waals surface area contributed by atoms with Gasteiger partial charge in [-0.1, -0.05) is 199 Å². The molecule has 314 valence electrons. The van der Waals surface area contributed by atoms with Crippen molar-refractivity contribution in [1.82, 2.24) is 0 Å². The molecule has 0 aromatic carbocycles. The molecule has 0 aliphatic carbocycles. The van der Waals surface area contributed by atoms with E-state index in [0.29, 0.717) is 6.42 Å². The predicted molar refractivity (Wildman–Crippen MR) is 221 cm³/mol. The second kappa shape index (κ2) is 40.5. The van der Waals surface area contributed by atoms with Gasteiger partial charge in [0.15, 0.2) is 6.10 Å². The van der Waals surface area contributed by atoms with Crippen molar-refractivity contribution in [3.63, 3.8) is 0 Å². The number of carbonyl (C=O) groups is 2. The number of carbonyl (C=O) groups excluding carboxylic acids is 2. The largest absolute Gasteiger partial charge is 0.469 e. The van der Waals surface area contributed by atoms with E-state index in [2.05, 4.69) is 30.5 Å². The van der Waals surface area contributed by atoms with Gasteiger partial charge in [-0.15, -0.1) is 0 Å². The molecular weight excluding hydrogens is 687 g/mol. The first kappa shape index (κ1) is 51.8. The molecule has 0 radical (unpaired) electrons. The zero-order valence-corrected chi connectivity index (χ0v) is 35.6. The van der Waals surface area contributed by atoms with Crippen LogP contribution in [0.4, 0.5) is 0 Å². The van der Waals surface area contributed by atoms with E-state index in [1.54, 1.807) is 0 Å². The molecule has 0 bridgehead atoms. The van der Waals surface area contributed by atoms with Crippen LogP contribution in [0.15, 0.2) is 12.2 Å². The fraction of sp³-hybridized carbons (Fsp3) is 0.909. The number of unbranched alkanes of at least 4 members (excludes halogenated alkanes) is 30. The zero-order valence-electron chi connectivity index (χ0n) is 34.7. The Balaban J connectivity index is 3.84. The number of allylic oxidation sites excluding steroid dienone is 2. The van der Waals surface area contributed by atoms with Crippen molar-refractivity contribution in [3.8, 4) is 0 Å². The highest BCUT2D eigenvalue weighted by Crippen LogP contribution is 2.36. The third kappa shape index (κ3) is 43.4. The van der Waals surface area contributed by atoms with Gasteiger partial charge in [-0.2, -0.15) is 0 Å². The van der Waals surface area contributed by atoms with Gasteiger partial charge in [-0.05, 0) is 38.5 Å². The normalized spacial score (nSPS) is 12.5. The smallest absolute Gasteiger partial charge is 0.462 e. The molecule has 0 aliphatic rings. The fourth-order valence-corrected chi connectivity index (χ4v) is 7.02. The van der Waals surface area contributed by atoms with Crippen LogP contribution in [0.25, 0.3) is 0 Å². The van der Waals surface area contributed by atoms with Gasteiger partial charge in [0.1, 0.15) is 6.61 Å². The van der Waals surface area contributed by atoms with Crippen LogP contribution in [-0.2, 0) is 28.2 Å². The molecule has 0 saturated heterocycles. The molecule has 0 unspecified atom stereocenters. The number of hydrogen-bond acceptors (Lipinski definition) is 6. The number of phosphoric ester groups is 1. The molecule has 0 fully saturated rings. The van der Waals surface area contributed by atoms with E-state index in [0.717, 1.165) is 38.5 Å². The van der Waals surface area contributed by atoms with E-state index >= 15 is 0 Å². The summed E-state index contributed by atoms with van der Waals surface area (Å²) in [7, 11) is -4.75. The molecule has 2 N–H and O–H groups in total. The van der Waals surface area contributed by atoms with E-state index < -0.39 is 32.5 Å². The maximum atomic E-state index is 12.4. The summed E-state index contributed by atoms with van der Waals surface area (Å²) in [5.41, 5.74) is 0. The molecule has 0 aromatic rings. The van der Waals surface area contributed by atoms with Crippen molar-refractivity contribution < 1.29 is 37.9 Å². The summed E-state index contributed by atoms with van der Waals surface area (Å²) < 4.78 is 26.4. The molecule has 53 heavy (non-hydrogen) atoms. The topological polar surface area (TPSA) is 119 Å². The lowest BCUT2D eigenvalue weighted by Crippen LogP contribution is -2.29. The minimum absolute atomic E-state index is 0.214. The third-order valence-corrected chi connectivity index (χ3v) is 10.5. The van der Waals surface area contributed by atoms with Crippen molar-refractivity contribution in [2.24, 2.45) is 0 Å². The van der Waals surface area contributed by atoms with Gasteiger partial charge in [0.05, 0.1) is 6.61 Å². The van der Waals surface area contributed by atoms with Crippen molar-refractivity contribution in [2.45, 2.75) is 245 Å². The Bertz CT molecular complexity index is 873. The average Bonchev–Trinajstić information content (AvgIpc) is 3.13. The summed E-state index contributed by atoms with van der Waals surface area (Å²) in [5, 5.41) is 0. The summed E-state index contributed by atoms with van der Waals surface area (Å²) in [5.74, 6) is -0.873. The van der Waals surface area contributed by atoms with E-state index in [1.807, 2.05) is 0 Å². The van der Waals surface area contributed by atoms with Gasteiger partial charge in [0.2, 0.25) is 0 Å². The number of rotatable bonds is 42. The van der Waals surface area contributed by atoms with Crippen molar-refractivity contribution in [3.05, 3.63) is 12.2 Å². The minimum atomic E-state index is -4.75. The van der Waals surface area contributed by atoms with Gasteiger partial charge >= 0.3 is 19.8 Å². The first-order valence-corrected chi connectivity index (χ1v) is 24.0. The van der Waals surface area contributed by atoms with Crippen molar-refractivity contribution in [1.29, 1.82) is 0 Å². The molecule has 9 heteroatoms. The van der Waals surface area contributed by atoms with E-state index in [4.69, 9.17) is 19.3 Å². The lowest BCUT2D eigenvalue weighted by atomic mass is 10.0. The van der Waals surface area contributed by atoms with Crippen LogP contribution in [0.2, 0.25) is 0 Å². The Kier molecular flexibility index (Phi) is 39.5. The van der Waals surface area contributed by atoms with Gasteiger partial charge in [0, 0.05) is 12.8 Å². The average molecular weight is 773 g/mol. The standard InChI is InChI=1S/C44H85O8P/c1-3-5-7-9-11-13-15-17-19-21-23-24-26-28-30-32-34-36-38-43(45)50-40-42(41-51-53(47,48)49)52-44(46)39-37-35-33-31-29-27-25-22-20-18-16-14-12-10-8-6-4-2/h14,16,42H,3-13,15,17-41H2,1-2H3,(H2,47,48,49)/b16-14+/t42-/m1/s1. The maximum absolute atomic E-state index is 12.4. The highest BCUT2D eigenvalue weighted by atomic mass is 31.2. The van der Waals surface area contributed by atoms with Gasteiger partial charge in [-0.3, -0.25) is 14.1 Å². The lowest BCUT2D eigenvalue weighted by molar-refractivity contribution is -0.161. The number of hydrogen-bond donors (Lipinski definition) is 2. The molecule has 0 saturated carbocycles. The first-order chi connectivity index (χ1) is 25.8. The number of esters is 2. The molecule has 0 heterocycles. The summed E-state index contributed by atoms with van der Waals surface area (Å²) in [6, 6.07) is 0. The highest BCUT2D eigenvalue weighted by Gasteiger charge is 2.23. The van der Waals surface area contributed by atoms with E-state index in [9.17, 15) is 14.2 Å². The van der Waals surface area contributed by atoms with Crippen LogP contribution in [0.1, 0.15) is 239 Å². The quantitative estimate of drug-likeness (QED) is 0.0272. The van der Waals surface area contributed by atoms with Crippen LogP contribution in [0.5, 0.6) is 0 Å². The molecule has 0 aliphatic heterocycles. The summed E-state index contributed by atoms with van der Waals surface area (Å²) >= 11 is 0. The molecule has 8 nitrogen and oxygen atoms in total. The van der Waals surface area contributed by atoms with E-state index in [1.165, 1.54) is 167 Å². The Labute approximate surface area is 327 Å². The summed E-state index contributed by atoms with van der Waals surface area (Å²) in [6.45, 7) is 3.71. The predicted octanol–water partition coefficient (Wildman–Crippen LogP) is 13.8. The van der Waals surface area contributed by atoms with Gasteiger partial charge < -0.3 is 19.3 Å². The van der Waals surface area contributed by atoms with Crippen molar-refractivity contribution >= 4 is 19.8 Å². The van der Waals surface area contributed by atoms with Crippen LogP contribution in [0, 0.1) is 0 Å². The second-order valence-corrected chi connectivity index (χ2v) is 16.6. The first-order valence-electron chi connectivity index (χ1n) is 22.5. The molecule has 0 aromatic heterocycles. The van der Waals surface area contributed by atoms with Crippen LogP contribution in [-0.4, -0.2) is 41.0 Å². The maximum Gasteiger partial charge on any atom is 0.469 e.